The summed E-state index contributed by atoms with van der Waals surface area (Å²) in [5.41, 5.74) is 5.59. The molecular weight excluding hydrogens is 308 g/mol. The zero-order valence-corrected chi connectivity index (χ0v) is 13.2. The van der Waals surface area contributed by atoms with E-state index < -0.39 is 4.92 Å². The van der Waals surface area contributed by atoms with Crippen LogP contribution in [0.1, 0.15) is 30.1 Å². The number of hydrogen-bond acceptors (Lipinski definition) is 5. The number of nitrogens with zero attached hydrogens (tertiary/aromatic N) is 1. The van der Waals surface area contributed by atoms with Crippen LogP contribution in [0.5, 0.6) is 0 Å². The Morgan fingerprint density at radius 2 is 2.09 bits per heavy atom. The first kappa shape index (κ1) is 18.2. The summed E-state index contributed by atoms with van der Waals surface area (Å²) < 4.78 is 0. The number of anilines is 1. The van der Waals surface area contributed by atoms with E-state index in [0.717, 1.165) is 25.9 Å². The minimum atomic E-state index is -0.583. The van der Waals surface area contributed by atoms with Crippen LogP contribution in [-0.2, 0) is 0 Å². The number of nitrogens with two attached hydrogens (primary N) is 1. The van der Waals surface area contributed by atoms with Gasteiger partial charge < -0.3 is 16.4 Å². The molecule has 0 spiro atoms. The van der Waals surface area contributed by atoms with Gasteiger partial charge in [0.2, 0.25) is 0 Å². The van der Waals surface area contributed by atoms with Crippen molar-refractivity contribution in [3.63, 3.8) is 0 Å². The number of nitrogen functional groups attached to an aromatic ring is 1. The van der Waals surface area contributed by atoms with Gasteiger partial charge in [-0.25, -0.2) is 0 Å². The number of amides is 1. The Balaban J connectivity index is 0.00000242. The van der Waals surface area contributed by atoms with Crippen LogP contribution in [0, 0.1) is 15.5 Å². The second-order valence-electron chi connectivity index (χ2n) is 5.74. The van der Waals surface area contributed by atoms with Crippen molar-refractivity contribution in [2.45, 2.75) is 19.8 Å². The fourth-order valence-electron chi connectivity index (χ4n) is 2.51. The Morgan fingerprint density at radius 1 is 1.45 bits per heavy atom. The van der Waals surface area contributed by atoms with Gasteiger partial charge in [0.15, 0.2) is 0 Å². The van der Waals surface area contributed by atoms with Crippen molar-refractivity contribution in [2.75, 3.05) is 25.4 Å². The molecular formula is C14H21ClN4O3. The molecule has 7 nitrogen and oxygen atoms in total. The van der Waals surface area contributed by atoms with Crippen molar-refractivity contribution < 1.29 is 9.72 Å². The van der Waals surface area contributed by atoms with E-state index in [0.29, 0.717) is 6.54 Å². The molecule has 0 bridgehead atoms. The van der Waals surface area contributed by atoms with Crippen molar-refractivity contribution >= 4 is 29.7 Å². The molecule has 8 heteroatoms. The fraction of sp³-hybridized carbons (Fsp3) is 0.500. The highest BCUT2D eigenvalue weighted by Gasteiger charge is 2.28. The van der Waals surface area contributed by atoms with Gasteiger partial charge in [0.1, 0.15) is 5.69 Å². The molecule has 22 heavy (non-hydrogen) atoms. The van der Waals surface area contributed by atoms with Gasteiger partial charge in [-0.15, -0.1) is 12.4 Å². The first-order valence-electron chi connectivity index (χ1n) is 6.95. The first-order chi connectivity index (χ1) is 9.93. The molecule has 0 aliphatic carbocycles. The highest BCUT2D eigenvalue weighted by Crippen LogP contribution is 2.28. The van der Waals surface area contributed by atoms with Crippen molar-refractivity contribution in [2.24, 2.45) is 5.41 Å². The van der Waals surface area contributed by atoms with Crippen LogP contribution < -0.4 is 16.4 Å². The number of carbonyl (C=O) groups is 1. The van der Waals surface area contributed by atoms with E-state index in [1.165, 1.54) is 18.2 Å². The molecule has 0 unspecified atom stereocenters. The molecule has 1 amide bonds. The summed E-state index contributed by atoms with van der Waals surface area (Å²) in [4.78, 5) is 22.5. The highest BCUT2D eigenvalue weighted by molar-refractivity contribution is 6.00. The van der Waals surface area contributed by atoms with Crippen molar-refractivity contribution in [1.82, 2.24) is 10.6 Å². The maximum atomic E-state index is 12.2. The Labute approximate surface area is 135 Å². The van der Waals surface area contributed by atoms with Gasteiger partial charge in [-0.2, -0.15) is 0 Å². The molecule has 1 aliphatic heterocycles. The normalized spacial score (nSPS) is 16.4. The first-order valence-corrected chi connectivity index (χ1v) is 6.95. The monoisotopic (exact) mass is 328 g/mol. The van der Waals surface area contributed by atoms with Crippen molar-refractivity contribution in [1.29, 1.82) is 0 Å². The van der Waals surface area contributed by atoms with Crippen LogP contribution in [0.4, 0.5) is 11.4 Å². The summed E-state index contributed by atoms with van der Waals surface area (Å²) in [7, 11) is 0. The van der Waals surface area contributed by atoms with E-state index in [1.54, 1.807) is 0 Å². The maximum absolute atomic E-state index is 12.2. The van der Waals surface area contributed by atoms with E-state index >= 15 is 0 Å². The molecule has 0 aromatic heterocycles. The molecule has 1 aliphatic rings. The second-order valence-corrected chi connectivity index (χ2v) is 5.74. The van der Waals surface area contributed by atoms with E-state index in [2.05, 4.69) is 17.6 Å². The van der Waals surface area contributed by atoms with Gasteiger partial charge in [-0.1, -0.05) is 13.0 Å². The molecule has 1 aromatic carbocycles. The molecule has 2 rings (SSSR count). The molecule has 1 heterocycles. The minimum absolute atomic E-state index is 0. The lowest BCUT2D eigenvalue weighted by Crippen LogP contribution is -2.43. The third kappa shape index (κ3) is 4.08. The number of rotatable bonds is 4. The summed E-state index contributed by atoms with van der Waals surface area (Å²) in [6.45, 7) is 4.54. The van der Waals surface area contributed by atoms with Gasteiger partial charge in [0.05, 0.1) is 10.5 Å². The van der Waals surface area contributed by atoms with Crippen molar-refractivity contribution in [3.8, 4) is 0 Å². The predicted molar refractivity (Wildman–Crippen MR) is 87.3 cm³/mol. The zero-order chi connectivity index (χ0) is 15.5. The quantitative estimate of drug-likeness (QED) is 0.443. The number of benzene rings is 1. The van der Waals surface area contributed by atoms with E-state index in [-0.39, 0.29) is 40.7 Å². The Morgan fingerprint density at radius 3 is 2.68 bits per heavy atom. The van der Waals surface area contributed by atoms with E-state index in [1.807, 2.05) is 0 Å². The van der Waals surface area contributed by atoms with Crippen LogP contribution in [0.25, 0.3) is 0 Å². The zero-order valence-electron chi connectivity index (χ0n) is 12.4. The van der Waals surface area contributed by atoms with Crippen LogP contribution in [0.2, 0.25) is 0 Å². The predicted octanol–water partition coefficient (Wildman–Crippen LogP) is 1.72. The van der Waals surface area contributed by atoms with Gasteiger partial charge in [-0.3, -0.25) is 14.9 Å². The number of piperidine rings is 1. The number of para-hydroxylation sites is 1. The molecule has 1 fully saturated rings. The summed E-state index contributed by atoms with van der Waals surface area (Å²) in [5.74, 6) is -0.365. The number of carbonyl (C=O) groups excluding carboxylic acids is 1. The lowest BCUT2D eigenvalue weighted by Gasteiger charge is -2.34. The molecule has 122 valence electrons. The number of nitrogens with one attached hydrogen (secondary N) is 2. The Kier molecular flexibility index (Phi) is 6.13. The summed E-state index contributed by atoms with van der Waals surface area (Å²) >= 11 is 0. The third-order valence-electron chi connectivity index (χ3n) is 4.01. The summed E-state index contributed by atoms with van der Waals surface area (Å²) in [6.07, 6.45) is 1.97. The number of nitro groups is 1. The molecule has 0 saturated carbocycles. The standard InChI is InChI=1S/C14H20N4O3.ClH/c1-14(5-7-16-8-6-14)9-17-13(19)10-3-2-4-11(12(10)15)18(20)21;/h2-4,16H,5-9,15H2,1H3,(H,17,19);1H. The number of hydrogen-bond donors (Lipinski definition) is 3. The molecule has 1 saturated heterocycles. The largest absolute Gasteiger partial charge is 0.393 e. The van der Waals surface area contributed by atoms with E-state index in [9.17, 15) is 14.9 Å². The molecule has 0 radical (unpaired) electrons. The Bertz CT molecular complexity index is 559. The molecule has 0 atom stereocenters. The van der Waals surface area contributed by atoms with Crippen LogP contribution >= 0.6 is 12.4 Å². The fourth-order valence-corrected chi connectivity index (χ4v) is 2.51. The highest BCUT2D eigenvalue weighted by atomic mass is 35.5. The summed E-state index contributed by atoms with van der Waals surface area (Å²) in [5, 5.41) is 17.0. The van der Waals surface area contributed by atoms with Crippen LogP contribution in [0.3, 0.4) is 0 Å². The third-order valence-corrected chi connectivity index (χ3v) is 4.01. The van der Waals surface area contributed by atoms with Crippen LogP contribution in [-0.4, -0.2) is 30.5 Å². The smallest absolute Gasteiger partial charge is 0.292 e. The molecule has 1 aromatic rings. The average molecular weight is 329 g/mol. The lowest BCUT2D eigenvalue weighted by atomic mass is 9.81. The minimum Gasteiger partial charge on any atom is -0.393 e. The lowest BCUT2D eigenvalue weighted by molar-refractivity contribution is -0.383. The van der Waals surface area contributed by atoms with Crippen molar-refractivity contribution in [3.05, 3.63) is 33.9 Å². The Hall–Kier alpha value is -1.86. The average Bonchev–Trinajstić information content (AvgIpc) is 2.45. The van der Waals surface area contributed by atoms with Crippen LogP contribution in [0.15, 0.2) is 18.2 Å². The molecule has 4 N–H and O–H groups in total. The van der Waals surface area contributed by atoms with E-state index in [4.69, 9.17) is 5.73 Å². The topological polar surface area (TPSA) is 110 Å². The maximum Gasteiger partial charge on any atom is 0.292 e. The second kappa shape index (κ2) is 7.42. The number of halogens is 1. The van der Waals surface area contributed by atoms with Gasteiger partial charge >= 0.3 is 0 Å². The number of nitro benzene ring substituents is 1. The SMILES string of the molecule is CC1(CNC(=O)c2cccc([N+](=O)[O-])c2N)CCNCC1.Cl. The van der Waals surface area contributed by atoms with Gasteiger partial charge in [0.25, 0.3) is 11.6 Å². The summed E-state index contributed by atoms with van der Waals surface area (Å²) in [6, 6.07) is 4.26. The van der Waals surface area contributed by atoms with Gasteiger partial charge in [0, 0.05) is 12.6 Å². The van der Waals surface area contributed by atoms with Gasteiger partial charge in [-0.05, 0) is 37.4 Å².